The lowest BCUT2D eigenvalue weighted by atomic mass is 10.3. The van der Waals surface area contributed by atoms with Gasteiger partial charge in [0, 0.05) is 12.7 Å². The molecular formula is C12H14N2O3. The Morgan fingerprint density at radius 2 is 2.18 bits per heavy atom. The second kappa shape index (κ2) is 4.95. The normalized spacial score (nSPS) is 14.4. The van der Waals surface area contributed by atoms with E-state index in [2.05, 4.69) is 4.98 Å². The molecule has 1 aliphatic rings. The number of hydrogen-bond donors (Lipinski definition) is 1. The van der Waals surface area contributed by atoms with E-state index in [0.717, 1.165) is 12.8 Å². The van der Waals surface area contributed by atoms with Gasteiger partial charge in [-0.3, -0.25) is 14.6 Å². The first-order valence-corrected chi connectivity index (χ1v) is 5.59. The summed E-state index contributed by atoms with van der Waals surface area (Å²) in [6, 6.07) is 5.04. The zero-order chi connectivity index (χ0) is 12.3. The van der Waals surface area contributed by atoms with Crippen LogP contribution >= 0.6 is 0 Å². The van der Waals surface area contributed by atoms with Crippen molar-refractivity contribution in [3.8, 4) is 0 Å². The van der Waals surface area contributed by atoms with Crippen molar-refractivity contribution >= 4 is 11.9 Å². The van der Waals surface area contributed by atoms with Crippen LogP contribution in [0.2, 0.25) is 0 Å². The number of aliphatic carboxylic acids is 1. The largest absolute Gasteiger partial charge is 0.480 e. The van der Waals surface area contributed by atoms with Crippen LogP contribution in [-0.2, 0) is 4.79 Å². The van der Waals surface area contributed by atoms with Gasteiger partial charge in [0.25, 0.3) is 5.91 Å². The van der Waals surface area contributed by atoms with Gasteiger partial charge in [0.1, 0.15) is 12.2 Å². The van der Waals surface area contributed by atoms with E-state index in [9.17, 15) is 9.59 Å². The van der Waals surface area contributed by atoms with Crippen LogP contribution in [0, 0.1) is 5.92 Å². The minimum absolute atomic E-state index is 0.258. The molecular weight excluding hydrogens is 220 g/mol. The standard InChI is InChI=1S/C12H14N2O3/c15-11(16)8-14(7-9-4-5-9)12(17)10-3-1-2-6-13-10/h1-3,6,9H,4-5,7-8H2,(H,15,16). The quantitative estimate of drug-likeness (QED) is 0.825. The molecule has 5 heteroatoms. The van der Waals surface area contributed by atoms with Crippen LogP contribution in [0.1, 0.15) is 23.3 Å². The maximum absolute atomic E-state index is 12.0. The summed E-state index contributed by atoms with van der Waals surface area (Å²) in [6.45, 7) is 0.258. The number of carboxylic acids is 1. The Labute approximate surface area is 99.1 Å². The molecule has 2 rings (SSSR count). The van der Waals surface area contributed by atoms with Gasteiger partial charge in [-0.1, -0.05) is 6.07 Å². The predicted molar refractivity (Wildman–Crippen MR) is 60.5 cm³/mol. The van der Waals surface area contributed by atoms with E-state index >= 15 is 0 Å². The van der Waals surface area contributed by atoms with Crippen LogP contribution < -0.4 is 0 Å². The lowest BCUT2D eigenvalue weighted by molar-refractivity contribution is -0.137. The van der Waals surface area contributed by atoms with Gasteiger partial charge in [0.15, 0.2) is 0 Å². The first kappa shape index (κ1) is 11.6. The number of nitrogens with zero attached hydrogens (tertiary/aromatic N) is 2. The van der Waals surface area contributed by atoms with E-state index in [-0.39, 0.29) is 12.5 Å². The van der Waals surface area contributed by atoms with Gasteiger partial charge in [-0.25, -0.2) is 0 Å². The van der Waals surface area contributed by atoms with E-state index < -0.39 is 5.97 Å². The van der Waals surface area contributed by atoms with Crippen LogP contribution in [0.15, 0.2) is 24.4 Å². The highest BCUT2D eigenvalue weighted by atomic mass is 16.4. The summed E-state index contributed by atoms with van der Waals surface area (Å²) in [6.07, 6.45) is 3.68. The minimum Gasteiger partial charge on any atom is -0.480 e. The maximum atomic E-state index is 12.0. The molecule has 1 heterocycles. The molecule has 1 aliphatic carbocycles. The van der Waals surface area contributed by atoms with Crippen molar-refractivity contribution in [2.75, 3.05) is 13.1 Å². The Kier molecular flexibility index (Phi) is 3.37. The van der Waals surface area contributed by atoms with Crippen LogP contribution in [-0.4, -0.2) is 40.0 Å². The predicted octanol–water partition coefficient (Wildman–Crippen LogP) is 1.02. The summed E-state index contributed by atoms with van der Waals surface area (Å²) in [4.78, 5) is 28.1. The molecule has 0 atom stereocenters. The SMILES string of the molecule is O=C(O)CN(CC1CC1)C(=O)c1ccccn1. The summed E-state index contributed by atoms with van der Waals surface area (Å²) >= 11 is 0. The zero-order valence-corrected chi connectivity index (χ0v) is 9.37. The maximum Gasteiger partial charge on any atom is 0.323 e. The molecule has 0 radical (unpaired) electrons. The molecule has 0 aliphatic heterocycles. The van der Waals surface area contributed by atoms with Crippen LogP contribution in [0.4, 0.5) is 0 Å². The van der Waals surface area contributed by atoms with Crippen LogP contribution in [0.5, 0.6) is 0 Å². The molecule has 1 amide bonds. The average molecular weight is 234 g/mol. The van der Waals surface area contributed by atoms with Crippen molar-refractivity contribution in [2.45, 2.75) is 12.8 Å². The highest BCUT2D eigenvalue weighted by molar-refractivity contribution is 5.94. The highest BCUT2D eigenvalue weighted by Gasteiger charge is 2.28. The first-order chi connectivity index (χ1) is 8.16. The molecule has 1 N–H and O–H groups in total. The monoisotopic (exact) mass is 234 g/mol. The Bertz CT molecular complexity index is 415. The van der Waals surface area contributed by atoms with Crippen LogP contribution in [0.3, 0.4) is 0 Å². The summed E-state index contributed by atoms with van der Waals surface area (Å²) in [5, 5.41) is 8.80. The Hall–Kier alpha value is -1.91. The molecule has 0 saturated heterocycles. The number of carbonyl (C=O) groups is 2. The molecule has 90 valence electrons. The molecule has 1 aromatic heterocycles. The van der Waals surface area contributed by atoms with Gasteiger partial charge in [0.2, 0.25) is 0 Å². The Balaban J connectivity index is 2.08. The van der Waals surface area contributed by atoms with E-state index in [0.29, 0.717) is 18.2 Å². The Morgan fingerprint density at radius 1 is 1.41 bits per heavy atom. The third-order valence-electron chi connectivity index (χ3n) is 2.67. The molecule has 0 unspecified atom stereocenters. The zero-order valence-electron chi connectivity index (χ0n) is 9.37. The summed E-state index contributed by atoms with van der Waals surface area (Å²) in [5.74, 6) is -0.836. The number of hydrogen-bond acceptors (Lipinski definition) is 3. The van der Waals surface area contributed by atoms with Gasteiger partial charge in [-0.15, -0.1) is 0 Å². The topological polar surface area (TPSA) is 70.5 Å². The van der Waals surface area contributed by atoms with E-state index in [4.69, 9.17) is 5.11 Å². The number of carbonyl (C=O) groups excluding carboxylic acids is 1. The minimum atomic E-state index is -0.991. The van der Waals surface area contributed by atoms with Crippen molar-refractivity contribution < 1.29 is 14.7 Å². The molecule has 17 heavy (non-hydrogen) atoms. The third-order valence-corrected chi connectivity index (χ3v) is 2.67. The van der Waals surface area contributed by atoms with Crippen molar-refractivity contribution in [3.05, 3.63) is 30.1 Å². The smallest absolute Gasteiger partial charge is 0.323 e. The molecule has 1 fully saturated rings. The van der Waals surface area contributed by atoms with Gasteiger partial charge in [-0.2, -0.15) is 0 Å². The van der Waals surface area contributed by atoms with Gasteiger partial charge in [0.05, 0.1) is 0 Å². The lowest BCUT2D eigenvalue weighted by Crippen LogP contribution is -2.37. The summed E-state index contributed by atoms with van der Waals surface area (Å²) in [7, 11) is 0. The van der Waals surface area contributed by atoms with Gasteiger partial charge >= 0.3 is 5.97 Å². The second-order valence-corrected chi connectivity index (χ2v) is 4.24. The van der Waals surface area contributed by atoms with Crippen LogP contribution in [0.25, 0.3) is 0 Å². The van der Waals surface area contributed by atoms with E-state index in [1.54, 1.807) is 18.2 Å². The van der Waals surface area contributed by atoms with Crippen molar-refractivity contribution in [1.82, 2.24) is 9.88 Å². The number of pyridine rings is 1. The Morgan fingerprint density at radius 3 is 2.71 bits per heavy atom. The molecule has 0 spiro atoms. The highest BCUT2D eigenvalue weighted by Crippen LogP contribution is 2.29. The van der Waals surface area contributed by atoms with Gasteiger partial charge in [-0.05, 0) is 30.9 Å². The molecule has 5 nitrogen and oxygen atoms in total. The van der Waals surface area contributed by atoms with Gasteiger partial charge < -0.3 is 10.0 Å². The fourth-order valence-electron chi connectivity index (χ4n) is 1.65. The van der Waals surface area contributed by atoms with Crippen molar-refractivity contribution in [2.24, 2.45) is 5.92 Å². The molecule has 1 saturated carbocycles. The number of aromatic nitrogens is 1. The number of carboxylic acid groups (broad SMARTS) is 1. The summed E-state index contributed by atoms with van der Waals surface area (Å²) in [5.41, 5.74) is 0.300. The first-order valence-electron chi connectivity index (χ1n) is 5.59. The van der Waals surface area contributed by atoms with Crippen molar-refractivity contribution in [3.63, 3.8) is 0 Å². The fourth-order valence-corrected chi connectivity index (χ4v) is 1.65. The number of amides is 1. The third kappa shape index (κ3) is 3.27. The number of rotatable bonds is 5. The molecule has 0 aromatic carbocycles. The summed E-state index contributed by atoms with van der Waals surface area (Å²) < 4.78 is 0. The fraction of sp³-hybridized carbons (Fsp3) is 0.417. The average Bonchev–Trinajstić information content (AvgIpc) is 3.12. The van der Waals surface area contributed by atoms with Crippen molar-refractivity contribution in [1.29, 1.82) is 0 Å². The van der Waals surface area contributed by atoms with E-state index in [1.165, 1.54) is 11.1 Å². The van der Waals surface area contributed by atoms with E-state index in [1.807, 2.05) is 0 Å². The second-order valence-electron chi connectivity index (χ2n) is 4.24. The lowest BCUT2D eigenvalue weighted by Gasteiger charge is -2.19. The molecule has 0 bridgehead atoms. The molecule has 1 aromatic rings.